The van der Waals surface area contributed by atoms with E-state index < -0.39 is 5.60 Å². The smallest absolute Gasteiger partial charge is 0.407 e. The highest BCUT2D eigenvalue weighted by Crippen LogP contribution is 2.23. The van der Waals surface area contributed by atoms with Gasteiger partial charge in [0.1, 0.15) is 5.60 Å². The fraction of sp³-hybridized carbons (Fsp3) is 0.944. The van der Waals surface area contributed by atoms with Crippen molar-refractivity contribution in [1.82, 2.24) is 10.6 Å². The minimum atomic E-state index is -0.461. The maximum absolute atomic E-state index is 12.1. The SMILES string of the molecule is CC(C)(C)OC(=O)NC1CCCCCC1NC1CCC(O)CC1. The van der Waals surface area contributed by atoms with Crippen LogP contribution in [-0.2, 0) is 4.74 Å². The Kier molecular flexibility index (Phi) is 6.72. The van der Waals surface area contributed by atoms with Crippen molar-refractivity contribution in [2.75, 3.05) is 0 Å². The lowest BCUT2D eigenvalue weighted by Crippen LogP contribution is -2.53. The Morgan fingerprint density at radius 1 is 0.957 bits per heavy atom. The minimum Gasteiger partial charge on any atom is -0.444 e. The molecule has 5 heteroatoms. The Hall–Kier alpha value is -0.810. The number of alkyl carbamates (subject to hydrolysis) is 1. The van der Waals surface area contributed by atoms with Gasteiger partial charge in [0.15, 0.2) is 0 Å². The summed E-state index contributed by atoms with van der Waals surface area (Å²) >= 11 is 0. The molecule has 2 aliphatic carbocycles. The van der Waals surface area contributed by atoms with E-state index in [0.29, 0.717) is 12.1 Å². The summed E-state index contributed by atoms with van der Waals surface area (Å²) in [5.41, 5.74) is -0.461. The predicted octanol–water partition coefficient (Wildman–Crippen LogP) is 3.11. The van der Waals surface area contributed by atoms with Crippen molar-refractivity contribution >= 4 is 6.09 Å². The Morgan fingerprint density at radius 2 is 1.57 bits per heavy atom. The normalized spacial score (nSPS) is 32.9. The van der Waals surface area contributed by atoms with Gasteiger partial charge in [-0.25, -0.2) is 4.79 Å². The van der Waals surface area contributed by atoms with Gasteiger partial charge in [-0.05, 0) is 59.3 Å². The molecule has 0 spiro atoms. The van der Waals surface area contributed by atoms with Crippen LogP contribution in [0.5, 0.6) is 0 Å². The number of aliphatic hydroxyl groups excluding tert-OH is 1. The third kappa shape index (κ3) is 6.68. The fourth-order valence-electron chi connectivity index (χ4n) is 3.68. The van der Waals surface area contributed by atoms with Crippen LogP contribution < -0.4 is 10.6 Å². The highest BCUT2D eigenvalue weighted by atomic mass is 16.6. The van der Waals surface area contributed by atoms with Crippen LogP contribution in [0.3, 0.4) is 0 Å². The Bertz CT molecular complexity index is 373. The Labute approximate surface area is 140 Å². The molecule has 2 saturated carbocycles. The molecule has 0 aromatic rings. The molecular weight excluding hydrogens is 292 g/mol. The first-order chi connectivity index (χ1) is 10.8. The van der Waals surface area contributed by atoms with Gasteiger partial charge in [-0.1, -0.05) is 19.3 Å². The zero-order valence-electron chi connectivity index (χ0n) is 14.9. The third-order valence-electron chi connectivity index (χ3n) is 4.86. The largest absolute Gasteiger partial charge is 0.444 e. The van der Waals surface area contributed by atoms with Gasteiger partial charge in [-0.15, -0.1) is 0 Å². The summed E-state index contributed by atoms with van der Waals surface area (Å²) in [6, 6.07) is 0.911. The van der Waals surface area contributed by atoms with Crippen molar-refractivity contribution in [2.24, 2.45) is 0 Å². The lowest BCUT2D eigenvalue weighted by atomic mass is 9.91. The molecular formula is C18H34N2O3. The summed E-state index contributed by atoms with van der Waals surface area (Å²) in [6.07, 6.45) is 9.08. The van der Waals surface area contributed by atoms with E-state index in [1.54, 1.807) is 0 Å². The van der Waals surface area contributed by atoms with Crippen molar-refractivity contribution in [2.45, 2.75) is 108 Å². The monoisotopic (exact) mass is 326 g/mol. The molecule has 2 unspecified atom stereocenters. The number of ether oxygens (including phenoxy) is 1. The molecule has 0 aliphatic heterocycles. The zero-order valence-corrected chi connectivity index (χ0v) is 14.9. The summed E-state index contributed by atoms with van der Waals surface area (Å²) in [5.74, 6) is 0. The van der Waals surface area contributed by atoms with E-state index >= 15 is 0 Å². The van der Waals surface area contributed by atoms with Crippen LogP contribution in [0.25, 0.3) is 0 Å². The number of hydrogen-bond acceptors (Lipinski definition) is 4. The van der Waals surface area contributed by atoms with E-state index in [2.05, 4.69) is 10.6 Å². The highest BCUT2D eigenvalue weighted by molar-refractivity contribution is 5.68. The maximum Gasteiger partial charge on any atom is 0.407 e. The quantitative estimate of drug-likeness (QED) is 0.697. The molecule has 1 amide bonds. The zero-order chi connectivity index (χ0) is 16.9. The average molecular weight is 326 g/mol. The van der Waals surface area contributed by atoms with Crippen LogP contribution in [0, 0.1) is 0 Å². The van der Waals surface area contributed by atoms with Crippen LogP contribution in [0.1, 0.15) is 78.6 Å². The number of hydrogen-bond donors (Lipinski definition) is 3. The number of rotatable bonds is 3. The molecule has 5 nitrogen and oxygen atoms in total. The molecule has 0 heterocycles. The van der Waals surface area contributed by atoms with Gasteiger partial charge in [0.05, 0.1) is 6.10 Å². The van der Waals surface area contributed by atoms with Gasteiger partial charge in [-0.3, -0.25) is 0 Å². The minimum absolute atomic E-state index is 0.127. The van der Waals surface area contributed by atoms with Gasteiger partial charge < -0.3 is 20.5 Å². The van der Waals surface area contributed by atoms with Gasteiger partial charge in [0.25, 0.3) is 0 Å². The van der Waals surface area contributed by atoms with E-state index in [1.807, 2.05) is 20.8 Å². The Balaban J connectivity index is 1.89. The second-order valence-electron chi connectivity index (χ2n) is 8.17. The first kappa shape index (κ1) is 18.5. The van der Waals surface area contributed by atoms with Gasteiger partial charge in [-0.2, -0.15) is 0 Å². The molecule has 2 fully saturated rings. The maximum atomic E-state index is 12.1. The van der Waals surface area contributed by atoms with Gasteiger partial charge in [0, 0.05) is 18.1 Å². The predicted molar refractivity (Wildman–Crippen MR) is 91.4 cm³/mol. The van der Waals surface area contributed by atoms with Gasteiger partial charge >= 0.3 is 6.09 Å². The molecule has 2 rings (SSSR count). The van der Waals surface area contributed by atoms with E-state index in [4.69, 9.17) is 4.74 Å². The van der Waals surface area contributed by atoms with Crippen LogP contribution in [0.4, 0.5) is 4.79 Å². The molecule has 0 bridgehead atoms. The van der Waals surface area contributed by atoms with Crippen LogP contribution in [0.2, 0.25) is 0 Å². The van der Waals surface area contributed by atoms with Crippen molar-refractivity contribution < 1.29 is 14.6 Å². The lowest BCUT2D eigenvalue weighted by Gasteiger charge is -2.34. The first-order valence-electron chi connectivity index (χ1n) is 9.27. The van der Waals surface area contributed by atoms with Crippen molar-refractivity contribution in [3.05, 3.63) is 0 Å². The molecule has 0 aromatic carbocycles. The molecule has 0 radical (unpaired) electrons. The highest BCUT2D eigenvalue weighted by Gasteiger charge is 2.30. The number of amides is 1. The number of carbonyl (C=O) groups excluding carboxylic acids is 1. The molecule has 0 aromatic heterocycles. The lowest BCUT2D eigenvalue weighted by molar-refractivity contribution is 0.0485. The van der Waals surface area contributed by atoms with Gasteiger partial charge in [0.2, 0.25) is 0 Å². The van der Waals surface area contributed by atoms with E-state index in [0.717, 1.165) is 44.9 Å². The number of aliphatic hydroxyl groups is 1. The standard InChI is InChI=1S/C18H34N2O3/c1-18(2,3)23-17(22)20-16-8-6-4-5-7-15(16)19-13-9-11-14(21)12-10-13/h13-16,19,21H,4-12H2,1-3H3,(H,20,22). The second kappa shape index (κ2) is 8.34. The third-order valence-corrected chi connectivity index (χ3v) is 4.86. The molecule has 23 heavy (non-hydrogen) atoms. The summed E-state index contributed by atoms with van der Waals surface area (Å²) in [5, 5.41) is 16.5. The van der Waals surface area contributed by atoms with Crippen molar-refractivity contribution in [3.63, 3.8) is 0 Å². The topological polar surface area (TPSA) is 70.6 Å². The number of carbonyl (C=O) groups is 1. The molecule has 2 atom stereocenters. The van der Waals surface area contributed by atoms with E-state index in [-0.39, 0.29) is 18.2 Å². The molecule has 0 saturated heterocycles. The summed E-state index contributed by atoms with van der Waals surface area (Å²) < 4.78 is 5.42. The van der Waals surface area contributed by atoms with E-state index in [9.17, 15) is 9.90 Å². The summed E-state index contributed by atoms with van der Waals surface area (Å²) in [7, 11) is 0. The number of nitrogens with one attached hydrogen (secondary N) is 2. The second-order valence-corrected chi connectivity index (χ2v) is 8.17. The molecule has 134 valence electrons. The Morgan fingerprint density at radius 3 is 2.17 bits per heavy atom. The fourth-order valence-corrected chi connectivity index (χ4v) is 3.68. The van der Waals surface area contributed by atoms with Crippen LogP contribution in [-0.4, -0.2) is 41.0 Å². The van der Waals surface area contributed by atoms with Crippen molar-refractivity contribution in [1.29, 1.82) is 0 Å². The summed E-state index contributed by atoms with van der Waals surface area (Å²) in [6.45, 7) is 5.67. The van der Waals surface area contributed by atoms with Crippen LogP contribution in [0.15, 0.2) is 0 Å². The summed E-state index contributed by atoms with van der Waals surface area (Å²) in [4.78, 5) is 12.1. The molecule has 3 N–H and O–H groups in total. The van der Waals surface area contributed by atoms with E-state index in [1.165, 1.54) is 12.8 Å². The average Bonchev–Trinajstić information content (AvgIpc) is 2.65. The van der Waals surface area contributed by atoms with Crippen molar-refractivity contribution in [3.8, 4) is 0 Å². The first-order valence-corrected chi connectivity index (χ1v) is 9.27. The molecule has 2 aliphatic rings. The van der Waals surface area contributed by atoms with Crippen LogP contribution >= 0.6 is 0 Å².